The van der Waals surface area contributed by atoms with Crippen molar-refractivity contribution in [2.75, 3.05) is 6.54 Å². The number of nitrogens with zero attached hydrogens (tertiary/aromatic N) is 1. The topological polar surface area (TPSA) is 112 Å². The van der Waals surface area contributed by atoms with Gasteiger partial charge in [-0.05, 0) is 12.5 Å². The van der Waals surface area contributed by atoms with Crippen LogP contribution < -0.4 is 10.9 Å². The lowest BCUT2D eigenvalue weighted by Gasteiger charge is -2.01. The number of carboxylic acid groups (broad SMARTS) is 1. The average Bonchev–Trinajstić information content (AvgIpc) is 2.75. The fraction of sp³-hybridized carbons (Fsp3) is 0.385. The van der Waals surface area contributed by atoms with Gasteiger partial charge in [-0.1, -0.05) is 6.92 Å². The molecule has 0 atom stereocenters. The minimum absolute atomic E-state index is 0.0475. The van der Waals surface area contributed by atoms with E-state index in [1.807, 2.05) is 6.92 Å². The molecule has 7 nitrogen and oxygen atoms in total. The van der Waals surface area contributed by atoms with Crippen molar-refractivity contribution >= 4 is 33.4 Å². The second kappa shape index (κ2) is 6.04. The zero-order chi connectivity index (χ0) is 15.6. The van der Waals surface area contributed by atoms with E-state index in [0.29, 0.717) is 32.9 Å². The first-order valence-electron chi connectivity index (χ1n) is 6.46. The molecular weight excluding hydrogens is 294 g/mol. The summed E-state index contributed by atoms with van der Waals surface area (Å²) in [4.78, 5) is 42.4. The quantitative estimate of drug-likeness (QED) is 0.764. The molecule has 0 radical (unpaired) electrons. The third-order valence-corrected chi connectivity index (χ3v) is 4.20. The molecule has 0 aliphatic heterocycles. The number of amides is 1. The zero-order valence-electron chi connectivity index (χ0n) is 11.6. The number of fused-ring (bicyclic) bond motifs is 1. The highest BCUT2D eigenvalue weighted by Gasteiger charge is 2.19. The van der Waals surface area contributed by atoms with Gasteiger partial charge in [-0.25, -0.2) is 4.98 Å². The number of H-pyrrole nitrogens is 1. The van der Waals surface area contributed by atoms with E-state index in [2.05, 4.69) is 15.3 Å². The number of carboxylic acids is 1. The van der Waals surface area contributed by atoms with Crippen LogP contribution in [0.3, 0.4) is 0 Å². The molecule has 0 spiro atoms. The Labute approximate surface area is 124 Å². The maximum absolute atomic E-state index is 12.0. The molecule has 3 N–H and O–H groups in total. The second-order valence-corrected chi connectivity index (χ2v) is 5.50. The highest BCUT2D eigenvalue weighted by atomic mass is 32.1. The SMILES string of the molecule is CCc1nc2sc(C(=O)NCCC(=O)O)c(C)c2c(=O)[nH]1. The Morgan fingerprint density at radius 3 is 2.76 bits per heavy atom. The lowest BCUT2D eigenvalue weighted by molar-refractivity contribution is -0.136. The van der Waals surface area contributed by atoms with Crippen LogP contribution in [0.15, 0.2) is 4.79 Å². The van der Waals surface area contributed by atoms with Crippen molar-refractivity contribution in [2.24, 2.45) is 0 Å². The van der Waals surface area contributed by atoms with Gasteiger partial charge < -0.3 is 15.4 Å². The van der Waals surface area contributed by atoms with E-state index >= 15 is 0 Å². The highest BCUT2D eigenvalue weighted by Crippen LogP contribution is 2.26. The van der Waals surface area contributed by atoms with Crippen LogP contribution in [0, 0.1) is 6.92 Å². The summed E-state index contributed by atoms with van der Waals surface area (Å²) in [7, 11) is 0. The summed E-state index contributed by atoms with van der Waals surface area (Å²) in [5, 5.41) is 11.5. The van der Waals surface area contributed by atoms with E-state index in [-0.39, 0.29) is 24.4 Å². The Kier molecular flexibility index (Phi) is 4.37. The summed E-state index contributed by atoms with van der Waals surface area (Å²) in [6.45, 7) is 3.61. The van der Waals surface area contributed by atoms with Crippen molar-refractivity contribution < 1.29 is 14.7 Å². The molecule has 0 bridgehead atoms. The number of hydrogen-bond donors (Lipinski definition) is 3. The van der Waals surface area contributed by atoms with Gasteiger partial charge in [0.15, 0.2) is 0 Å². The van der Waals surface area contributed by atoms with Gasteiger partial charge in [0, 0.05) is 13.0 Å². The van der Waals surface area contributed by atoms with Gasteiger partial charge in [0.2, 0.25) is 0 Å². The van der Waals surface area contributed by atoms with E-state index in [1.54, 1.807) is 6.92 Å². The van der Waals surface area contributed by atoms with E-state index in [0.717, 1.165) is 11.3 Å². The van der Waals surface area contributed by atoms with E-state index in [1.165, 1.54) is 0 Å². The molecule has 8 heteroatoms. The molecule has 0 saturated heterocycles. The first-order chi connectivity index (χ1) is 9.93. The molecule has 2 aromatic heterocycles. The molecule has 0 saturated carbocycles. The third-order valence-electron chi connectivity index (χ3n) is 3.02. The Morgan fingerprint density at radius 2 is 2.14 bits per heavy atom. The summed E-state index contributed by atoms with van der Waals surface area (Å²) in [5.74, 6) is -0.783. The molecule has 0 aliphatic rings. The fourth-order valence-electron chi connectivity index (χ4n) is 1.94. The normalized spacial score (nSPS) is 10.8. The first-order valence-corrected chi connectivity index (χ1v) is 7.28. The Balaban J connectivity index is 2.35. The van der Waals surface area contributed by atoms with Crippen molar-refractivity contribution in [3.05, 3.63) is 26.6 Å². The number of hydrogen-bond acceptors (Lipinski definition) is 5. The number of carbonyl (C=O) groups is 2. The Morgan fingerprint density at radius 1 is 1.43 bits per heavy atom. The van der Waals surface area contributed by atoms with Gasteiger partial charge in [0.25, 0.3) is 11.5 Å². The number of thiophene rings is 1. The summed E-state index contributed by atoms with van der Waals surface area (Å²) < 4.78 is 0. The third kappa shape index (κ3) is 3.10. The van der Waals surface area contributed by atoms with Crippen LogP contribution in [0.2, 0.25) is 0 Å². The number of nitrogens with one attached hydrogen (secondary N) is 2. The molecule has 1 amide bonds. The molecule has 2 heterocycles. The number of carbonyl (C=O) groups excluding carboxylic acids is 1. The zero-order valence-corrected chi connectivity index (χ0v) is 12.5. The smallest absolute Gasteiger partial charge is 0.305 e. The minimum Gasteiger partial charge on any atom is -0.481 e. The fourth-order valence-corrected chi connectivity index (χ4v) is 3.05. The molecule has 2 rings (SSSR count). The lowest BCUT2D eigenvalue weighted by atomic mass is 10.2. The average molecular weight is 309 g/mol. The minimum atomic E-state index is -0.978. The van der Waals surface area contributed by atoms with Gasteiger partial charge in [-0.2, -0.15) is 0 Å². The van der Waals surface area contributed by atoms with Crippen LogP contribution in [0.5, 0.6) is 0 Å². The van der Waals surface area contributed by atoms with E-state index < -0.39 is 5.97 Å². The molecule has 21 heavy (non-hydrogen) atoms. The molecule has 0 unspecified atom stereocenters. The van der Waals surface area contributed by atoms with Crippen molar-refractivity contribution in [1.82, 2.24) is 15.3 Å². The molecule has 2 aromatic rings. The Bertz CT molecular complexity index is 763. The second-order valence-electron chi connectivity index (χ2n) is 4.50. The van der Waals surface area contributed by atoms with Crippen molar-refractivity contribution in [2.45, 2.75) is 26.7 Å². The monoisotopic (exact) mass is 309 g/mol. The predicted molar refractivity (Wildman–Crippen MR) is 78.9 cm³/mol. The van der Waals surface area contributed by atoms with Crippen molar-refractivity contribution in [3.8, 4) is 0 Å². The number of aromatic nitrogens is 2. The molecule has 0 aromatic carbocycles. The van der Waals surface area contributed by atoms with Crippen molar-refractivity contribution in [1.29, 1.82) is 0 Å². The molecular formula is C13H15N3O4S. The number of aryl methyl sites for hydroxylation is 2. The summed E-state index contributed by atoms with van der Waals surface area (Å²) >= 11 is 1.14. The van der Waals surface area contributed by atoms with Crippen molar-refractivity contribution in [3.63, 3.8) is 0 Å². The van der Waals surface area contributed by atoms with Gasteiger partial charge >= 0.3 is 5.97 Å². The predicted octanol–water partition coefficient (Wildman–Crippen LogP) is 1.06. The van der Waals surface area contributed by atoms with Crippen LogP contribution in [-0.2, 0) is 11.2 Å². The van der Waals surface area contributed by atoms with E-state index in [9.17, 15) is 14.4 Å². The molecule has 0 aliphatic carbocycles. The van der Waals surface area contributed by atoms with Gasteiger partial charge in [0.1, 0.15) is 10.7 Å². The van der Waals surface area contributed by atoms with Gasteiger partial charge in [0.05, 0.1) is 16.7 Å². The van der Waals surface area contributed by atoms with Gasteiger partial charge in [-0.15, -0.1) is 11.3 Å². The lowest BCUT2D eigenvalue weighted by Crippen LogP contribution is -2.25. The number of aliphatic carboxylic acids is 1. The summed E-state index contributed by atoms with van der Waals surface area (Å²) in [6, 6.07) is 0. The number of aromatic amines is 1. The summed E-state index contributed by atoms with van der Waals surface area (Å²) in [6.07, 6.45) is 0.455. The van der Waals surface area contributed by atoms with Crippen LogP contribution in [0.1, 0.15) is 34.4 Å². The molecule has 112 valence electrons. The maximum atomic E-state index is 12.0. The largest absolute Gasteiger partial charge is 0.481 e. The highest BCUT2D eigenvalue weighted by molar-refractivity contribution is 7.20. The first kappa shape index (κ1) is 15.2. The Hall–Kier alpha value is -2.22. The van der Waals surface area contributed by atoms with E-state index in [4.69, 9.17) is 5.11 Å². The maximum Gasteiger partial charge on any atom is 0.305 e. The summed E-state index contributed by atoms with van der Waals surface area (Å²) in [5.41, 5.74) is 0.314. The van der Waals surface area contributed by atoms with Gasteiger partial charge in [-0.3, -0.25) is 14.4 Å². The molecule has 0 fully saturated rings. The standard InChI is InChI=1S/C13H15N3O4S/c1-3-7-15-11(19)9-6(2)10(21-13(9)16-7)12(20)14-5-4-8(17)18/h3-5H2,1-2H3,(H,14,20)(H,17,18)(H,15,16,19). The van der Waals surface area contributed by atoms with Crippen LogP contribution in [0.25, 0.3) is 10.2 Å². The number of rotatable bonds is 5. The van der Waals surface area contributed by atoms with Crippen LogP contribution in [-0.4, -0.2) is 33.5 Å². The van der Waals surface area contributed by atoms with Crippen LogP contribution in [0.4, 0.5) is 0 Å². The van der Waals surface area contributed by atoms with Crippen LogP contribution >= 0.6 is 11.3 Å².